The SMILES string of the molecule is C[C@@H](CNC(=O)c1ccc(NC(=O)c2ccccc2)cc1)c1nncn1C. The normalized spacial score (nSPS) is 11.6. The summed E-state index contributed by atoms with van der Waals surface area (Å²) in [5.74, 6) is 0.496. The summed E-state index contributed by atoms with van der Waals surface area (Å²) >= 11 is 0. The van der Waals surface area contributed by atoms with Crippen molar-refractivity contribution in [1.29, 1.82) is 0 Å². The number of amides is 2. The number of carbonyl (C=O) groups excluding carboxylic acids is 2. The summed E-state index contributed by atoms with van der Waals surface area (Å²) in [4.78, 5) is 24.5. The van der Waals surface area contributed by atoms with Crippen molar-refractivity contribution in [3.63, 3.8) is 0 Å². The van der Waals surface area contributed by atoms with Crippen LogP contribution in [0.3, 0.4) is 0 Å². The Morgan fingerprint density at radius 1 is 1.00 bits per heavy atom. The topological polar surface area (TPSA) is 88.9 Å². The number of hydrogen-bond donors (Lipinski definition) is 2. The Labute approximate surface area is 157 Å². The molecule has 0 aliphatic rings. The monoisotopic (exact) mass is 363 g/mol. The lowest BCUT2D eigenvalue weighted by atomic mass is 10.1. The van der Waals surface area contributed by atoms with Gasteiger partial charge in [0.2, 0.25) is 0 Å². The first kappa shape index (κ1) is 18.3. The summed E-state index contributed by atoms with van der Waals surface area (Å²) in [5, 5.41) is 13.6. The van der Waals surface area contributed by atoms with Gasteiger partial charge in [-0.3, -0.25) is 9.59 Å². The van der Waals surface area contributed by atoms with Crippen LogP contribution in [0, 0.1) is 0 Å². The first-order valence-electron chi connectivity index (χ1n) is 8.63. The fraction of sp³-hybridized carbons (Fsp3) is 0.200. The average Bonchev–Trinajstić information content (AvgIpc) is 3.13. The second kappa shape index (κ2) is 8.27. The number of carbonyl (C=O) groups is 2. The molecule has 1 heterocycles. The van der Waals surface area contributed by atoms with E-state index in [1.807, 2.05) is 36.7 Å². The molecule has 7 heteroatoms. The predicted octanol–water partition coefficient (Wildman–Crippen LogP) is 2.60. The smallest absolute Gasteiger partial charge is 0.255 e. The standard InChI is InChI=1S/C20H21N5O2/c1-14(18-24-22-13-25(18)2)12-21-19(26)16-8-10-17(11-9-16)23-20(27)15-6-4-3-5-7-15/h3-11,13-14H,12H2,1-2H3,(H,21,26)(H,23,27)/t14-/m0/s1. The fourth-order valence-electron chi connectivity index (χ4n) is 2.68. The van der Waals surface area contributed by atoms with Crippen LogP contribution in [0.1, 0.15) is 39.4 Å². The number of benzene rings is 2. The third-order valence-corrected chi connectivity index (χ3v) is 4.20. The van der Waals surface area contributed by atoms with Gasteiger partial charge in [0.1, 0.15) is 12.2 Å². The van der Waals surface area contributed by atoms with Gasteiger partial charge in [0.25, 0.3) is 11.8 Å². The first-order chi connectivity index (χ1) is 13.0. The van der Waals surface area contributed by atoms with E-state index in [-0.39, 0.29) is 17.7 Å². The Bertz CT molecular complexity index is 919. The summed E-state index contributed by atoms with van der Waals surface area (Å²) in [6.45, 7) is 2.43. The summed E-state index contributed by atoms with van der Waals surface area (Å²) in [6, 6.07) is 15.8. The van der Waals surface area contributed by atoms with Gasteiger partial charge in [-0.1, -0.05) is 25.1 Å². The van der Waals surface area contributed by atoms with Crippen LogP contribution in [-0.2, 0) is 7.05 Å². The second-order valence-electron chi connectivity index (χ2n) is 6.31. The molecular weight excluding hydrogens is 342 g/mol. The zero-order valence-electron chi connectivity index (χ0n) is 15.2. The van der Waals surface area contributed by atoms with Crippen molar-refractivity contribution >= 4 is 17.5 Å². The van der Waals surface area contributed by atoms with Crippen LogP contribution in [0.15, 0.2) is 60.9 Å². The van der Waals surface area contributed by atoms with Crippen LogP contribution in [-0.4, -0.2) is 33.1 Å². The molecule has 0 saturated heterocycles. The van der Waals surface area contributed by atoms with Crippen molar-refractivity contribution in [2.75, 3.05) is 11.9 Å². The number of aromatic nitrogens is 3. The minimum Gasteiger partial charge on any atom is -0.351 e. The van der Waals surface area contributed by atoms with Crippen molar-refractivity contribution in [3.05, 3.63) is 77.9 Å². The highest BCUT2D eigenvalue weighted by Crippen LogP contribution is 2.13. The quantitative estimate of drug-likeness (QED) is 0.704. The molecule has 2 N–H and O–H groups in total. The fourth-order valence-corrected chi connectivity index (χ4v) is 2.68. The van der Waals surface area contributed by atoms with Gasteiger partial charge in [-0.05, 0) is 36.4 Å². The maximum absolute atomic E-state index is 12.3. The predicted molar refractivity (Wildman–Crippen MR) is 103 cm³/mol. The molecule has 2 aromatic carbocycles. The van der Waals surface area contributed by atoms with Crippen LogP contribution in [0.2, 0.25) is 0 Å². The van der Waals surface area contributed by atoms with Crippen LogP contribution >= 0.6 is 0 Å². The molecular formula is C20H21N5O2. The lowest BCUT2D eigenvalue weighted by Gasteiger charge is -2.12. The Balaban J connectivity index is 1.56. The van der Waals surface area contributed by atoms with Crippen LogP contribution < -0.4 is 10.6 Å². The molecule has 1 aromatic heterocycles. The lowest BCUT2D eigenvalue weighted by molar-refractivity contribution is 0.0950. The number of hydrogen-bond acceptors (Lipinski definition) is 4. The molecule has 0 aliphatic carbocycles. The largest absolute Gasteiger partial charge is 0.351 e. The van der Waals surface area contributed by atoms with Gasteiger partial charge in [0.05, 0.1) is 0 Å². The first-order valence-corrected chi connectivity index (χ1v) is 8.63. The Morgan fingerprint density at radius 2 is 1.67 bits per heavy atom. The molecule has 0 aliphatic heterocycles. The molecule has 138 valence electrons. The molecule has 3 aromatic rings. The number of anilines is 1. The van der Waals surface area contributed by atoms with Gasteiger partial charge in [-0.2, -0.15) is 0 Å². The van der Waals surface area contributed by atoms with E-state index in [4.69, 9.17) is 0 Å². The number of nitrogens with zero attached hydrogens (tertiary/aromatic N) is 3. The van der Waals surface area contributed by atoms with Crippen molar-refractivity contribution in [2.45, 2.75) is 12.8 Å². The molecule has 27 heavy (non-hydrogen) atoms. The van der Waals surface area contributed by atoms with E-state index in [9.17, 15) is 9.59 Å². The van der Waals surface area contributed by atoms with Crippen molar-refractivity contribution in [1.82, 2.24) is 20.1 Å². The molecule has 2 amide bonds. The zero-order chi connectivity index (χ0) is 19.2. The highest BCUT2D eigenvalue weighted by Gasteiger charge is 2.14. The molecule has 0 saturated carbocycles. The summed E-state index contributed by atoms with van der Waals surface area (Å²) in [7, 11) is 1.87. The second-order valence-corrected chi connectivity index (χ2v) is 6.31. The van der Waals surface area contributed by atoms with Gasteiger partial charge in [0.15, 0.2) is 0 Å². The maximum Gasteiger partial charge on any atom is 0.255 e. The highest BCUT2D eigenvalue weighted by atomic mass is 16.2. The van der Waals surface area contributed by atoms with E-state index in [1.165, 1.54) is 0 Å². The zero-order valence-corrected chi connectivity index (χ0v) is 15.2. The molecule has 0 fully saturated rings. The molecule has 1 atom stereocenters. The van der Waals surface area contributed by atoms with Crippen molar-refractivity contribution < 1.29 is 9.59 Å². The van der Waals surface area contributed by atoms with Crippen LogP contribution in [0.4, 0.5) is 5.69 Å². The third-order valence-electron chi connectivity index (χ3n) is 4.20. The molecule has 0 bridgehead atoms. The van der Waals surface area contributed by atoms with Crippen molar-refractivity contribution in [3.8, 4) is 0 Å². The Kier molecular flexibility index (Phi) is 5.61. The lowest BCUT2D eigenvalue weighted by Crippen LogP contribution is -2.28. The minimum absolute atomic E-state index is 0.0471. The summed E-state index contributed by atoms with van der Waals surface area (Å²) in [5.41, 5.74) is 1.74. The molecule has 0 unspecified atom stereocenters. The molecule has 3 rings (SSSR count). The van der Waals surface area contributed by atoms with E-state index in [0.29, 0.717) is 23.4 Å². The maximum atomic E-state index is 12.3. The average molecular weight is 363 g/mol. The van der Waals surface area contributed by atoms with E-state index >= 15 is 0 Å². The third kappa shape index (κ3) is 4.58. The van der Waals surface area contributed by atoms with Gasteiger partial charge in [-0.25, -0.2) is 0 Å². The van der Waals surface area contributed by atoms with Crippen LogP contribution in [0.25, 0.3) is 0 Å². The summed E-state index contributed by atoms with van der Waals surface area (Å²) < 4.78 is 1.83. The van der Waals surface area contributed by atoms with E-state index in [2.05, 4.69) is 20.8 Å². The highest BCUT2D eigenvalue weighted by molar-refractivity contribution is 6.04. The van der Waals surface area contributed by atoms with E-state index in [0.717, 1.165) is 5.82 Å². The molecule has 0 spiro atoms. The molecule has 0 radical (unpaired) electrons. The van der Waals surface area contributed by atoms with Gasteiger partial charge in [-0.15, -0.1) is 10.2 Å². The number of nitrogens with one attached hydrogen (secondary N) is 2. The summed E-state index contributed by atoms with van der Waals surface area (Å²) in [6.07, 6.45) is 1.64. The van der Waals surface area contributed by atoms with Gasteiger partial charge < -0.3 is 15.2 Å². The Hall–Kier alpha value is -3.48. The van der Waals surface area contributed by atoms with Gasteiger partial charge >= 0.3 is 0 Å². The Morgan fingerprint density at radius 3 is 2.30 bits per heavy atom. The number of aryl methyl sites for hydroxylation is 1. The van der Waals surface area contributed by atoms with Crippen molar-refractivity contribution in [2.24, 2.45) is 7.05 Å². The minimum atomic E-state index is -0.190. The van der Waals surface area contributed by atoms with E-state index in [1.54, 1.807) is 42.7 Å². The molecule has 7 nitrogen and oxygen atoms in total. The van der Waals surface area contributed by atoms with Crippen LogP contribution in [0.5, 0.6) is 0 Å². The van der Waals surface area contributed by atoms with Gasteiger partial charge in [0, 0.05) is 36.3 Å². The number of rotatable bonds is 6. The van der Waals surface area contributed by atoms with E-state index < -0.39 is 0 Å².